The molecule has 2 aromatic rings. The SMILES string of the molecule is Cc1cc(C(=O)Nc2ncc(C=CC(=O)O)s2)sc1C. The monoisotopic (exact) mass is 308 g/mol. The van der Waals surface area contributed by atoms with Crippen LogP contribution >= 0.6 is 22.7 Å². The molecule has 0 atom stereocenters. The van der Waals surface area contributed by atoms with Crippen LogP contribution < -0.4 is 5.32 Å². The number of carboxylic acid groups (broad SMARTS) is 1. The smallest absolute Gasteiger partial charge is 0.328 e. The molecular formula is C13H12N2O3S2. The molecule has 0 aliphatic rings. The maximum atomic E-state index is 12.0. The summed E-state index contributed by atoms with van der Waals surface area (Å²) in [6.07, 6.45) is 3.99. The number of aliphatic carboxylic acids is 1. The minimum atomic E-state index is -1.02. The van der Waals surface area contributed by atoms with Crippen LogP contribution in [-0.2, 0) is 4.79 Å². The largest absolute Gasteiger partial charge is 0.478 e. The Balaban J connectivity index is 2.07. The standard InChI is InChI=1S/C13H12N2O3S2/c1-7-5-10(19-8(7)2)12(18)15-13-14-6-9(20-13)3-4-11(16)17/h3-6H,1-2H3,(H,16,17)(H,14,15,18). The fourth-order valence-electron chi connectivity index (χ4n) is 1.42. The maximum absolute atomic E-state index is 12.0. The summed E-state index contributed by atoms with van der Waals surface area (Å²) in [7, 11) is 0. The third kappa shape index (κ3) is 3.52. The molecule has 2 N–H and O–H groups in total. The third-order valence-electron chi connectivity index (χ3n) is 2.52. The first-order valence-electron chi connectivity index (χ1n) is 5.71. The average molecular weight is 308 g/mol. The fraction of sp³-hybridized carbons (Fsp3) is 0.154. The lowest BCUT2D eigenvalue weighted by atomic mass is 10.3. The van der Waals surface area contributed by atoms with E-state index in [-0.39, 0.29) is 5.91 Å². The van der Waals surface area contributed by atoms with Crippen LogP contribution in [0.1, 0.15) is 25.0 Å². The molecule has 5 nitrogen and oxygen atoms in total. The van der Waals surface area contributed by atoms with E-state index in [9.17, 15) is 9.59 Å². The summed E-state index contributed by atoms with van der Waals surface area (Å²) in [5, 5.41) is 11.7. The van der Waals surface area contributed by atoms with Gasteiger partial charge in [-0.25, -0.2) is 9.78 Å². The molecule has 104 valence electrons. The van der Waals surface area contributed by atoms with E-state index < -0.39 is 5.97 Å². The fourth-order valence-corrected chi connectivity index (χ4v) is 3.06. The predicted molar refractivity (Wildman–Crippen MR) is 80.5 cm³/mol. The van der Waals surface area contributed by atoms with Gasteiger partial charge in [-0.2, -0.15) is 0 Å². The zero-order chi connectivity index (χ0) is 14.7. The lowest BCUT2D eigenvalue weighted by Gasteiger charge is -1.97. The van der Waals surface area contributed by atoms with Crippen molar-refractivity contribution in [1.29, 1.82) is 0 Å². The van der Waals surface area contributed by atoms with Crippen LogP contribution in [0.5, 0.6) is 0 Å². The molecular weight excluding hydrogens is 296 g/mol. The Hall–Kier alpha value is -1.99. The van der Waals surface area contributed by atoms with E-state index in [0.29, 0.717) is 14.9 Å². The van der Waals surface area contributed by atoms with Crippen LogP contribution in [0.25, 0.3) is 6.08 Å². The van der Waals surface area contributed by atoms with Crippen LogP contribution in [-0.4, -0.2) is 22.0 Å². The first kappa shape index (κ1) is 14.4. The van der Waals surface area contributed by atoms with E-state index in [1.807, 2.05) is 19.9 Å². The highest BCUT2D eigenvalue weighted by molar-refractivity contribution is 7.17. The highest BCUT2D eigenvalue weighted by Crippen LogP contribution is 2.24. The zero-order valence-electron chi connectivity index (χ0n) is 10.8. The number of carbonyl (C=O) groups excluding carboxylic acids is 1. The highest BCUT2D eigenvalue weighted by atomic mass is 32.1. The molecule has 0 saturated heterocycles. The van der Waals surface area contributed by atoms with Gasteiger partial charge in [0.15, 0.2) is 5.13 Å². The Bertz CT molecular complexity index is 666. The molecule has 1 amide bonds. The van der Waals surface area contributed by atoms with Crippen molar-refractivity contribution in [2.24, 2.45) is 0 Å². The zero-order valence-corrected chi connectivity index (χ0v) is 12.5. The van der Waals surface area contributed by atoms with Gasteiger partial charge in [-0.3, -0.25) is 10.1 Å². The van der Waals surface area contributed by atoms with Gasteiger partial charge in [-0.15, -0.1) is 11.3 Å². The lowest BCUT2D eigenvalue weighted by Crippen LogP contribution is -2.09. The first-order chi connectivity index (χ1) is 9.45. The number of thiazole rings is 1. The van der Waals surface area contributed by atoms with Crippen molar-refractivity contribution < 1.29 is 14.7 Å². The molecule has 0 fully saturated rings. The molecule has 0 radical (unpaired) electrons. The summed E-state index contributed by atoms with van der Waals surface area (Å²) < 4.78 is 0. The van der Waals surface area contributed by atoms with Gasteiger partial charge in [-0.05, 0) is 31.6 Å². The number of nitrogens with zero attached hydrogens (tertiary/aromatic N) is 1. The Morgan fingerprint density at radius 3 is 2.70 bits per heavy atom. The van der Waals surface area contributed by atoms with Crippen LogP contribution in [0.3, 0.4) is 0 Å². The highest BCUT2D eigenvalue weighted by Gasteiger charge is 2.12. The van der Waals surface area contributed by atoms with Crippen molar-refractivity contribution in [1.82, 2.24) is 4.98 Å². The van der Waals surface area contributed by atoms with E-state index in [0.717, 1.165) is 16.5 Å². The average Bonchev–Trinajstić information content (AvgIpc) is 2.95. The number of thiophene rings is 1. The molecule has 0 aliphatic carbocycles. The number of amides is 1. The van der Waals surface area contributed by atoms with E-state index in [4.69, 9.17) is 5.11 Å². The minimum absolute atomic E-state index is 0.200. The van der Waals surface area contributed by atoms with Gasteiger partial charge in [0.2, 0.25) is 0 Å². The van der Waals surface area contributed by atoms with Crippen LogP contribution in [0.15, 0.2) is 18.3 Å². The van der Waals surface area contributed by atoms with Crippen molar-refractivity contribution in [3.05, 3.63) is 38.5 Å². The van der Waals surface area contributed by atoms with E-state index in [2.05, 4.69) is 10.3 Å². The summed E-state index contributed by atoms with van der Waals surface area (Å²) in [4.78, 5) is 28.9. The van der Waals surface area contributed by atoms with Crippen molar-refractivity contribution >= 4 is 45.8 Å². The molecule has 0 spiro atoms. The molecule has 0 unspecified atom stereocenters. The Kier molecular flexibility index (Phi) is 4.31. The van der Waals surface area contributed by atoms with Gasteiger partial charge < -0.3 is 5.11 Å². The summed E-state index contributed by atoms with van der Waals surface area (Å²) in [5.74, 6) is -1.22. The van der Waals surface area contributed by atoms with Crippen molar-refractivity contribution in [2.75, 3.05) is 5.32 Å². The predicted octanol–water partition coefficient (Wildman–Crippen LogP) is 3.17. The molecule has 20 heavy (non-hydrogen) atoms. The molecule has 0 saturated carbocycles. The summed E-state index contributed by atoms with van der Waals surface area (Å²) >= 11 is 2.66. The molecule has 0 aromatic carbocycles. The van der Waals surface area contributed by atoms with Crippen LogP contribution in [0.2, 0.25) is 0 Å². The number of aryl methyl sites for hydroxylation is 2. The van der Waals surface area contributed by atoms with E-state index in [1.54, 1.807) is 0 Å². The molecule has 2 rings (SSSR count). The van der Waals surface area contributed by atoms with E-state index >= 15 is 0 Å². The molecule has 2 aromatic heterocycles. The van der Waals surface area contributed by atoms with Crippen molar-refractivity contribution in [2.45, 2.75) is 13.8 Å². The molecule has 7 heteroatoms. The number of hydrogen-bond acceptors (Lipinski definition) is 5. The Morgan fingerprint density at radius 1 is 1.35 bits per heavy atom. The first-order valence-corrected chi connectivity index (χ1v) is 7.34. The topological polar surface area (TPSA) is 79.3 Å². The second-order valence-electron chi connectivity index (χ2n) is 4.04. The van der Waals surface area contributed by atoms with Gasteiger partial charge in [0.05, 0.1) is 4.88 Å². The van der Waals surface area contributed by atoms with Gasteiger partial charge in [0, 0.05) is 22.0 Å². The Morgan fingerprint density at radius 2 is 2.10 bits per heavy atom. The maximum Gasteiger partial charge on any atom is 0.328 e. The van der Waals surface area contributed by atoms with Gasteiger partial charge in [-0.1, -0.05) is 11.3 Å². The third-order valence-corrected chi connectivity index (χ3v) is 4.55. The number of carbonyl (C=O) groups is 2. The number of nitrogens with one attached hydrogen (secondary N) is 1. The van der Waals surface area contributed by atoms with Crippen molar-refractivity contribution in [3.8, 4) is 0 Å². The summed E-state index contributed by atoms with van der Waals surface area (Å²) in [6.45, 7) is 3.93. The molecule has 0 aliphatic heterocycles. The number of aromatic nitrogens is 1. The van der Waals surface area contributed by atoms with Gasteiger partial charge in [0.1, 0.15) is 0 Å². The second kappa shape index (κ2) is 5.98. The normalized spacial score (nSPS) is 10.9. The Labute approximate surface area is 123 Å². The number of hydrogen-bond donors (Lipinski definition) is 2. The van der Waals surface area contributed by atoms with Gasteiger partial charge >= 0.3 is 5.97 Å². The van der Waals surface area contributed by atoms with Gasteiger partial charge in [0.25, 0.3) is 5.91 Å². The van der Waals surface area contributed by atoms with Crippen LogP contribution in [0.4, 0.5) is 5.13 Å². The summed E-state index contributed by atoms with van der Waals surface area (Å²) in [5.41, 5.74) is 1.09. The number of carboxylic acids is 1. The van der Waals surface area contributed by atoms with E-state index in [1.165, 1.54) is 34.9 Å². The van der Waals surface area contributed by atoms with Crippen molar-refractivity contribution in [3.63, 3.8) is 0 Å². The lowest BCUT2D eigenvalue weighted by molar-refractivity contribution is -0.131. The number of anilines is 1. The molecule has 2 heterocycles. The minimum Gasteiger partial charge on any atom is -0.478 e. The van der Waals surface area contributed by atoms with Crippen LogP contribution in [0, 0.1) is 13.8 Å². The number of rotatable bonds is 4. The summed E-state index contributed by atoms with van der Waals surface area (Å²) in [6, 6.07) is 1.84. The second-order valence-corrected chi connectivity index (χ2v) is 6.36. The quantitative estimate of drug-likeness (QED) is 0.850. The molecule has 0 bridgehead atoms.